The minimum absolute atomic E-state index is 0.129. The van der Waals surface area contributed by atoms with Crippen LogP contribution in [0.3, 0.4) is 0 Å². The van der Waals surface area contributed by atoms with Crippen molar-refractivity contribution in [2.75, 3.05) is 13.1 Å². The van der Waals surface area contributed by atoms with Crippen molar-refractivity contribution in [3.63, 3.8) is 0 Å². The molecule has 0 saturated carbocycles. The molecule has 0 N–H and O–H groups in total. The fourth-order valence-corrected chi connectivity index (χ4v) is 2.97. The number of hydrogen-bond donors (Lipinski definition) is 0. The average Bonchev–Trinajstić information content (AvgIpc) is 3.04. The summed E-state index contributed by atoms with van der Waals surface area (Å²) < 4.78 is 18.8. The molecule has 5 heteroatoms. The summed E-state index contributed by atoms with van der Waals surface area (Å²) in [6.45, 7) is 3.26. The van der Waals surface area contributed by atoms with E-state index in [0.29, 0.717) is 19.5 Å². The van der Waals surface area contributed by atoms with Crippen molar-refractivity contribution in [3.8, 4) is 5.88 Å². The fourth-order valence-electron chi connectivity index (χ4n) is 2.97. The zero-order valence-corrected chi connectivity index (χ0v) is 13.7. The molecule has 24 heavy (non-hydrogen) atoms. The minimum atomic E-state index is -0.560. The standard InChI is InChI=1S/C19H21FN2O2/c1-14(15-6-3-2-4-7-15)12-19(23)22-11-10-16(13-22)24-18-9-5-8-17(20)21-18/h2-9,14,16H,10-13H2,1H3. The molecule has 2 atom stereocenters. The monoisotopic (exact) mass is 328 g/mol. The van der Waals surface area contributed by atoms with E-state index >= 15 is 0 Å². The van der Waals surface area contributed by atoms with Crippen LogP contribution in [0.1, 0.15) is 31.2 Å². The highest BCUT2D eigenvalue weighted by Gasteiger charge is 2.28. The maximum absolute atomic E-state index is 13.1. The molecule has 0 bridgehead atoms. The molecule has 3 rings (SSSR count). The van der Waals surface area contributed by atoms with Gasteiger partial charge in [-0.05, 0) is 17.5 Å². The molecular formula is C19H21FN2O2. The van der Waals surface area contributed by atoms with Gasteiger partial charge in [0.05, 0.1) is 6.54 Å². The van der Waals surface area contributed by atoms with Crippen LogP contribution in [0.5, 0.6) is 5.88 Å². The molecule has 1 aliphatic rings. The molecule has 0 aliphatic carbocycles. The summed E-state index contributed by atoms with van der Waals surface area (Å²) in [6.07, 6.45) is 1.09. The molecule has 0 spiro atoms. The van der Waals surface area contributed by atoms with Crippen LogP contribution in [0.2, 0.25) is 0 Å². The maximum Gasteiger partial charge on any atom is 0.223 e. The first-order chi connectivity index (χ1) is 11.6. The molecule has 126 valence electrons. The highest BCUT2D eigenvalue weighted by Crippen LogP contribution is 2.22. The van der Waals surface area contributed by atoms with Crippen LogP contribution in [-0.2, 0) is 4.79 Å². The van der Waals surface area contributed by atoms with E-state index in [1.807, 2.05) is 35.2 Å². The van der Waals surface area contributed by atoms with E-state index in [2.05, 4.69) is 11.9 Å². The Bertz CT molecular complexity index is 693. The first-order valence-corrected chi connectivity index (χ1v) is 8.24. The third-order valence-electron chi connectivity index (χ3n) is 4.32. The van der Waals surface area contributed by atoms with E-state index in [-0.39, 0.29) is 23.8 Å². The van der Waals surface area contributed by atoms with Gasteiger partial charge in [-0.2, -0.15) is 9.37 Å². The lowest BCUT2D eigenvalue weighted by molar-refractivity contribution is -0.130. The van der Waals surface area contributed by atoms with E-state index in [1.54, 1.807) is 12.1 Å². The number of amides is 1. The van der Waals surface area contributed by atoms with Gasteiger partial charge in [0.1, 0.15) is 6.10 Å². The third kappa shape index (κ3) is 4.10. The third-order valence-corrected chi connectivity index (χ3v) is 4.32. The Balaban J connectivity index is 1.52. The average molecular weight is 328 g/mol. The quantitative estimate of drug-likeness (QED) is 0.790. The predicted molar refractivity (Wildman–Crippen MR) is 89.3 cm³/mol. The maximum atomic E-state index is 13.1. The molecular weight excluding hydrogens is 307 g/mol. The van der Waals surface area contributed by atoms with Gasteiger partial charge in [-0.15, -0.1) is 0 Å². The summed E-state index contributed by atoms with van der Waals surface area (Å²) in [4.78, 5) is 18.0. The Hall–Kier alpha value is -2.43. The summed E-state index contributed by atoms with van der Waals surface area (Å²) in [7, 11) is 0. The summed E-state index contributed by atoms with van der Waals surface area (Å²) in [5, 5.41) is 0. The molecule has 4 nitrogen and oxygen atoms in total. The number of ether oxygens (including phenoxy) is 1. The molecule has 1 fully saturated rings. The van der Waals surface area contributed by atoms with E-state index in [9.17, 15) is 9.18 Å². The van der Waals surface area contributed by atoms with E-state index < -0.39 is 5.95 Å². The molecule has 1 amide bonds. The summed E-state index contributed by atoms with van der Waals surface area (Å²) >= 11 is 0. The molecule has 1 aliphatic heterocycles. The van der Waals surface area contributed by atoms with Crippen LogP contribution >= 0.6 is 0 Å². The van der Waals surface area contributed by atoms with Crippen LogP contribution in [0.4, 0.5) is 4.39 Å². The van der Waals surface area contributed by atoms with Crippen LogP contribution in [-0.4, -0.2) is 35.0 Å². The molecule has 2 heterocycles. The lowest BCUT2D eigenvalue weighted by Crippen LogP contribution is -2.31. The van der Waals surface area contributed by atoms with Gasteiger partial charge in [0.25, 0.3) is 0 Å². The number of halogens is 1. The number of nitrogens with zero attached hydrogens (tertiary/aromatic N) is 2. The normalized spacial score (nSPS) is 18.4. The van der Waals surface area contributed by atoms with E-state index in [0.717, 1.165) is 6.42 Å². The van der Waals surface area contributed by atoms with Crippen molar-refractivity contribution < 1.29 is 13.9 Å². The van der Waals surface area contributed by atoms with Gasteiger partial charge in [-0.1, -0.05) is 43.3 Å². The summed E-state index contributed by atoms with van der Waals surface area (Å²) in [5.41, 5.74) is 1.17. The lowest BCUT2D eigenvalue weighted by Gasteiger charge is -2.19. The zero-order chi connectivity index (χ0) is 16.9. The number of benzene rings is 1. The predicted octanol–water partition coefficient (Wildman–Crippen LogP) is 3.39. The molecule has 2 aromatic rings. The second kappa shape index (κ2) is 7.43. The molecule has 1 aromatic heterocycles. The Kier molecular flexibility index (Phi) is 5.08. The first kappa shape index (κ1) is 16.4. The van der Waals surface area contributed by atoms with Gasteiger partial charge in [0.15, 0.2) is 0 Å². The Labute approximate surface area is 141 Å². The summed E-state index contributed by atoms with van der Waals surface area (Å²) in [6, 6.07) is 14.5. The zero-order valence-electron chi connectivity index (χ0n) is 13.7. The second-order valence-electron chi connectivity index (χ2n) is 6.18. The fraction of sp³-hybridized carbons (Fsp3) is 0.368. The smallest absolute Gasteiger partial charge is 0.223 e. The van der Waals surface area contributed by atoms with Crippen molar-refractivity contribution in [2.45, 2.75) is 31.8 Å². The van der Waals surface area contributed by atoms with Crippen LogP contribution in [0, 0.1) is 5.95 Å². The lowest BCUT2D eigenvalue weighted by atomic mass is 9.97. The van der Waals surface area contributed by atoms with Crippen LogP contribution < -0.4 is 4.74 Å². The Morgan fingerprint density at radius 3 is 2.83 bits per heavy atom. The second-order valence-corrected chi connectivity index (χ2v) is 6.18. The molecule has 2 unspecified atom stereocenters. The van der Waals surface area contributed by atoms with Gasteiger partial charge in [-0.3, -0.25) is 4.79 Å². The van der Waals surface area contributed by atoms with E-state index in [1.165, 1.54) is 11.6 Å². The number of pyridine rings is 1. The summed E-state index contributed by atoms with van der Waals surface area (Å²) in [5.74, 6) is 0.0234. The number of aromatic nitrogens is 1. The van der Waals surface area contributed by atoms with Gasteiger partial charge in [0, 0.05) is 25.5 Å². The Morgan fingerprint density at radius 1 is 1.29 bits per heavy atom. The number of carbonyl (C=O) groups is 1. The minimum Gasteiger partial charge on any atom is -0.472 e. The largest absolute Gasteiger partial charge is 0.472 e. The van der Waals surface area contributed by atoms with E-state index in [4.69, 9.17) is 4.74 Å². The first-order valence-electron chi connectivity index (χ1n) is 8.24. The number of hydrogen-bond acceptors (Lipinski definition) is 3. The molecule has 1 aromatic carbocycles. The highest BCUT2D eigenvalue weighted by atomic mass is 19.1. The number of carbonyl (C=O) groups excluding carboxylic acids is 1. The SMILES string of the molecule is CC(CC(=O)N1CCC(Oc2cccc(F)n2)C1)c1ccccc1. The molecule has 0 radical (unpaired) electrons. The van der Waals surface area contributed by atoms with Gasteiger partial charge >= 0.3 is 0 Å². The van der Waals surface area contributed by atoms with Crippen molar-refractivity contribution in [2.24, 2.45) is 0 Å². The van der Waals surface area contributed by atoms with Gasteiger partial charge in [0.2, 0.25) is 17.7 Å². The van der Waals surface area contributed by atoms with Crippen molar-refractivity contribution >= 4 is 5.91 Å². The van der Waals surface area contributed by atoms with Crippen LogP contribution in [0.25, 0.3) is 0 Å². The highest BCUT2D eigenvalue weighted by molar-refractivity contribution is 5.77. The van der Waals surface area contributed by atoms with Crippen molar-refractivity contribution in [1.82, 2.24) is 9.88 Å². The van der Waals surface area contributed by atoms with Gasteiger partial charge in [-0.25, -0.2) is 0 Å². The Morgan fingerprint density at radius 2 is 2.08 bits per heavy atom. The van der Waals surface area contributed by atoms with Gasteiger partial charge < -0.3 is 9.64 Å². The van der Waals surface area contributed by atoms with Crippen LogP contribution in [0.15, 0.2) is 48.5 Å². The topological polar surface area (TPSA) is 42.4 Å². The molecule has 1 saturated heterocycles. The number of likely N-dealkylation sites (tertiary alicyclic amines) is 1. The number of rotatable bonds is 5. The van der Waals surface area contributed by atoms with Crippen molar-refractivity contribution in [3.05, 3.63) is 60.0 Å². The van der Waals surface area contributed by atoms with Crippen molar-refractivity contribution in [1.29, 1.82) is 0 Å².